The Hall–Kier alpha value is -3.58. The van der Waals surface area contributed by atoms with Crippen molar-refractivity contribution in [3.05, 3.63) is 78.6 Å². The van der Waals surface area contributed by atoms with Crippen molar-refractivity contribution in [1.82, 2.24) is 4.98 Å². The number of anilines is 1. The molecule has 2 aromatic heterocycles. The fraction of sp³-hybridized carbons (Fsp3) is 0.0870. The first-order chi connectivity index (χ1) is 14.7. The van der Waals surface area contributed by atoms with Crippen molar-refractivity contribution < 1.29 is 18.7 Å². The fourth-order valence-electron chi connectivity index (χ4n) is 3.04. The standard InChI is InChI=1S/C23H18N2O4S/c1-30-21-11-5-4-9-18(21)25-22(26)14-29-23(27)16-13-19(20-10-6-12-28-20)24-17-8-3-2-7-15(16)17/h2-13H,14H2,1H3,(H,25,26). The molecule has 7 heteroatoms. The minimum Gasteiger partial charge on any atom is -0.463 e. The zero-order valence-electron chi connectivity index (χ0n) is 16.1. The molecule has 0 bridgehead atoms. The molecular formula is C23H18N2O4S. The lowest BCUT2D eigenvalue weighted by Gasteiger charge is -2.11. The van der Waals surface area contributed by atoms with Gasteiger partial charge >= 0.3 is 5.97 Å². The van der Waals surface area contributed by atoms with E-state index in [1.807, 2.05) is 42.7 Å². The number of carbonyl (C=O) groups excluding carboxylic acids is 2. The first-order valence-corrected chi connectivity index (χ1v) is 10.4. The maximum absolute atomic E-state index is 12.8. The second-order valence-electron chi connectivity index (χ2n) is 6.37. The third-order valence-electron chi connectivity index (χ3n) is 4.43. The summed E-state index contributed by atoms with van der Waals surface area (Å²) in [5.74, 6) is -0.467. The SMILES string of the molecule is CSc1ccccc1NC(=O)COC(=O)c1cc(-c2ccco2)nc2ccccc12. The van der Waals surface area contributed by atoms with Gasteiger partial charge < -0.3 is 14.5 Å². The number of ether oxygens (including phenoxy) is 1. The number of nitrogens with zero attached hydrogens (tertiary/aromatic N) is 1. The largest absolute Gasteiger partial charge is 0.463 e. The first-order valence-electron chi connectivity index (χ1n) is 9.19. The van der Waals surface area contributed by atoms with Crippen LogP contribution in [0.5, 0.6) is 0 Å². The summed E-state index contributed by atoms with van der Waals surface area (Å²) in [6.07, 6.45) is 3.47. The van der Waals surface area contributed by atoms with Crippen molar-refractivity contribution in [2.75, 3.05) is 18.2 Å². The van der Waals surface area contributed by atoms with E-state index in [0.29, 0.717) is 33.6 Å². The Bertz CT molecular complexity index is 1210. The van der Waals surface area contributed by atoms with Crippen LogP contribution in [0, 0.1) is 0 Å². The quantitative estimate of drug-likeness (QED) is 0.350. The molecule has 1 N–H and O–H groups in total. The van der Waals surface area contributed by atoms with Crippen LogP contribution in [0.1, 0.15) is 10.4 Å². The van der Waals surface area contributed by atoms with Gasteiger partial charge in [0.1, 0.15) is 5.69 Å². The van der Waals surface area contributed by atoms with Crippen LogP contribution in [0.25, 0.3) is 22.4 Å². The number of fused-ring (bicyclic) bond motifs is 1. The van der Waals surface area contributed by atoms with Crippen LogP contribution in [0.15, 0.2) is 82.3 Å². The Morgan fingerprint density at radius 1 is 1.07 bits per heavy atom. The number of thioether (sulfide) groups is 1. The molecule has 0 spiro atoms. The van der Waals surface area contributed by atoms with Gasteiger partial charge in [0.2, 0.25) is 0 Å². The number of aromatic nitrogens is 1. The fourth-order valence-corrected chi connectivity index (χ4v) is 3.59. The van der Waals surface area contributed by atoms with E-state index in [9.17, 15) is 9.59 Å². The van der Waals surface area contributed by atoms with Crippen LogP contribution in [0.2, 0.25) is 0 Å². The number of amides is 1. The van der Waals surface area contributed by atoms with Gasteiger partial charge in [0.25, 0.3) is 5.91 Å². The highest BCUT2D eigenvalue weighted by atomic mass is 32.2. The van der Waals surface area contributed by atoms with Gasteiger partial charge in [-0.25, -0.2) is 9.78 Å². The van der Waals surface area contributed by atoms with Gasteiger partial charge in [-0.2, -0.15) is 0 Å². The van der Waals surface area contributed by atoms with Gasteiger partial charge in [0, 0.05) is 10.3 Å². The second-order valence-corrected chi connectivity index (χ2v) is 7.22. The molecule has 1 amide bonds. The zero-order valence-corrected chi connectivity index (χ0v) is 16.9. The molecule has 0 saturated heterocycles. The number of nitrogens with one attached hydrogen (secondary N) is 1. The van der Waals surface area contributed by atoms with E-state index in [4.69, 9.17) is 9.15 Å². The highest BCUT2D eigenvalue weighted by Gasteiger charge is 2.17. The molecule has 0 fully saturated rings. The normalized spacial score (nSPS) is 10.7. The molecule has 0 atom stereocenters. The van der Waals surface area contributed by atoms with Gasteiger partial charge in [0.05, 0.1) is 23.0 Å². The molecule has 6 nitrogen and oxygen atoms in total. The van der Waals surface area contributed by atoms with Crippen molar-refractivity contribution in [2.45, 2.75) is 4.90 Å². The Balaban J connectivity index is 1.54. The van der Waals surface area contributed by atoms with E-state index >= 15 is 0 Å². The average molecular weight is 418 g/mol. The van der Waals surface area contributed by atoms with E-state index in [0.717, 1.165) is 4.90 Å². The topological polar surface area (TPSA) is 81.4 Å². The minimum absolute atomic E-state index is 0.323. The maximum Gasteiger partial charge on any atom is 0.339 e. The van der Waals surface area contributed by atoms with E-state index in [1.165, 1.54) is 11.8 Å². The van der Waals surface area contributed by atoms with Crippen LogP contribution < -0.4 is 5.32 Å². The lowest BCUT2D eigenvalue weighted by atomic mass is 10.1. The molecule has 0 radical (unpaired) electrons. The zero-order chi connectivity index (χ0) is 20.9. The third-order valence-corrected chi connectivity index (χ3v) is 5.22. The third kappa shape index (κ3) is 4.21. The summed E-state index contributed by atoms with van der Waals surface area (Å²) in [5, 5.41) is 3.42. The molecule has 4 rings (SSSR count). The molecule has 0 aliphatic rings. The number of pyridine rings is 1. The van der Waals surface area contributed by atoms with Crippen LogP contribution in [-0.4, -0.2) is 29.7 Å². The Morgan fingerprint density at radius 2 is 1.87 bits per heavy atom. The van der Waals surface area contributed by atoms with Crippen molar-refractivity contribution in [3.8, 4) is 11.5 Å². The van der Waals surface area contributed by atoms with Crippen LogP contribution >= 0.6 is 11.8 Å². The monoisotopic (exact) mass is 418 g/mol. The number of hydrogen-bond donors (Lipinski definition) is 1. The molecule has 30 heavy (non-hydrogen) atoms. The van der Waals surface area contributed by atoms with Crippen LogP contribution in [0.3, 0.4) is 0 Å². The van der Waals surface area contributed by atoms with E-state index in [-0.39, 0.29) is 0 Å². The molecule has 0 aliphatic carbocycles. The number of carbonyl (C=O) groups is 2. The van der Waals surface area contributed by atoms with Crippen LogP contribution in [0.4, 0.5) is 5.69 Å². The molecular weight excluding hydrogens is 400 g/mol. The smallest absolute Gasteiger partial charge is 0.339 e. The summed E-state index contributed by atoms with van der Waals surface area (Å²) in [6.45, 7) is -0.395. The number of para-hydroxylation sites is 2. The minimum atomic E-state index is -0.602. The van der Waals surface area contributed by atoms with Gasteiger partial charge in [-0.3, -0.25) is 4.79 Å². The number of benzene rings is 2. The molecule has 4 aromatic rings. The number of esters is 1. The molecule has 150 valence electrons. The van der Waals surface area contributed by atoms with Crippen molar-refractivity contribution in [3.63, 3.8) is 0 Å². The van der Waals surface area contributed by atoms with Gasteiger partial charge in [-0.15, -0.1) is 11.8 Å². The van der Waals surface area contributed by atoms with Crippen molar-refractivity contribution in [2.24, 2.45) is 0 Å². The Kier molecular flexibility index (Phi) is 5.81. The summed E-state index contributed by atoms with van der Waals surface area (Å²) in [5.41, 5.74) is 2.16. The Morgan fingerprint density at radius 3 is 2.67 bits per heavy atom. The maximum atomic E-state index is 12.8. The van der Waals surface area contributed by atoms with Crippen molar-refractivity contribution in [1.29, 1.82) is 0 Å². The van der Waals surface area contributed by atoms with Gasteiger partial charge in [-0.1, -0.05) is 30.3 Å². The summed E-state index contributed by atoms with van der Waals surface area (Å²) in [7, 11) is 0. The molecule has 0 saturated carbocycles. The first kappa shape index (κ1) is 19.7. The van der Waals surface area contributed by atoms with Gasteiger partial charge in [0.15, 0.2) is 12.4 Å². The lowest BCUT2D eigenvalue weighted by Crippen LogP contribution is -2.21. The average Bonchev–Trinajstić information content (AvgIpc) is 3.32. The molecule has 0 aliphatic heterocycles. The lowest BCUT2D eigenvalue weighted by molar-refractivity contribution is -0.119. The van der Waals surface area contributed by atoms with E-state index < -0.39 is 18.5 Å². The summed E-state index contributed by atoms with van der Waals surface area (Å²) in [6, 6.07) is 19.8. The highest BCUT2D eigenvalue weighted by Crippen LogP contribution is 2.26. The van der Waals surface area contributed by atoms with Gasteiger partial charge in [-0.05, 0) is 42.7 Å². The van der Waals surface area contributed by atoms with Crippen LogP contribution in [-0.2, 0) is 9.53 Å². The molecule has 2 heterocycles. The summed E-state index contributed by atoms with van der Waals surface area (Å²) >= 11 is 1.52. The number of hydrogen-bond acceptors (Lipinski definition) is 6. The van der Waals surface area contributed by atoms with Crippen molar-refractivity contribution >= 4 is 40.2 Å². The highest BCUT2D eigenvalue weighted by molar-refractivity contribution is 7.98. The summed E-state index contributed by atoms with van der Waals surface area (Å²) < 4.78 is 10.7. The predicted molar refractivity (Wildman–Crippen MR) is 117 cm³/mol. The second kappa shape index (κ2) is 8.84. The predicted octanol–water partition coefficient (Wildman–Crippen LogP) is 5.01. The number of rotatable bonds is 6. The Labute approximate surface area is 177 Å². The summed E-state index contributed by atoms with van der Waals surface area (Å²) in [4.78, 5) is 30.6. The molecule has 2 aromatic carbocycles. The number of furan rings is 1. The molecule has 0 unspecified atom stereocenters. The van der Waals surface area contributed by atoms with E-state index in [1.54, 1.807) is 36.6 Å². The van der Waals surface area contributed by atoms with E-state index in [2.05, 4.69) is 10.3 Å².